The van der Waals surface area contributed by atoms with E-state index in [0.717, 1.165) is 0 Å². The van der Waals surface area contributed by atoms with E-state index in [0.29, 0.717) is 28.1 Å². The maximum absolute atomic E-state index is 12.1. The van der Waals surface area contributed by atoms with Crippen molar-refractivity contribution in [2.24, 2.45) is 5.73 Å². The van der Waals surface area contributed by atoms with Gasteiger partial charge in [-0.15, -0.1) is 0 Å². The second-order valence-corrected chi connectivity index (χ2v) is 6.72. The number of carbonyl (C=O) groups excluding carboxylic acids is 1. The zero-order chi connectivity index (χ0) is 22.5. The Labute approximate surface area is 184 Å². The predicted octanol–water partition coefficient (Wildman–Crippen LogP) is 2.95. The lowest BCUT2D eigenvalue weighted by atomic mass is 9.97. The summed E-state index contributed by atoms with van der Waals surface area (Å²) in [6.45, 7) is 0. The summed E-state index contributed by atoms with van der Waals surface area (Å²) in [6.07, 6.45) is -0.386. The van der Waals surface area contributed by atoms with Gasteiger partial charge >= 0.3 is 5.97 Å². The highest BCUT2D eigenvalue weighted by Gasteiger charge is 2.18. The molecule has 9 heteroatoms. The third-order valence-corrected chi connectivity index (χ3v) is 4.52. The SMILES string of the molecule is C.N#Cc1c(-c2cccc(NC(=O)C[C@H](N)C(=O)O)c2)cc(-c2ccccc2O)nc1N. The van der Waals surface area contributed by atoms with E-state index in [1.165, 1.54) is 6.07 Å². The van der Waals surface area contributed by atoms with Crippen molar-refractivity contribution in [2.45, 2.75) is 19.9 Å². The molecule has 2 aromatic carbocycles. The Kier molecular flexibility index (Phi) is 7.50. The Balaban J connectivity index is 0.00000363. The normalized spacial score (nSPS) is 11.0. The first-order valence-electron chi connectivity index (χ1n) is 9.17. The lowest BCUT2D eigenvalue weighted by molar-refractivity contribution is -0.140. The number of rotatable bonds is 6. The number of nitrogens with one attached hydrogen (secondary N) is 1. The van der Waals surface area contributed by atoms with Gasteiger partial charge in [-0.3, -0.25) is 9.59 Å². The van der Waals surface area contributed by atoms with Crippen molar-refractivity contribution < 1.29 is 19.8 Å². The van der Waals surface area contributed by atoms with E-state index in [4.69, 9.17) is 16.6 Å². The molecule has 0 aliphatic heterocycles. The molecule has 7 N–H and O–H groups in total. The Morgan fingerprint density at radius 1 is 1.12 bits per heavy atom. The van der Waals surface area contributed by atoms with Crippen molar-refractivity contribution in [1.29, 1.82) is 5.26 Å². The van der Waals surface area contributed by atoms with Crippen LogP contribution in [0, 0.1) is 11.3 Å². The van der Waals surface area contributed by atoms with Crippen molar-refractivity contribution in [2.75, 3.05) is 11.1 Å². The van der Waals surface area contributed by atoms with Crippen molar-refractivity contribution >= 4 is 23.4 Å². The van der Waals surface area contributed by atoms with Crippen LogP contribution >= 0.6 is 0 Å². The third kappa shape index (κ3) is 5.19. The molecule has 32 heavy (non-hydrogen) atoms. The van der Waals surface area contributed by atoms with E-state index in [9.17, 15) is 20.0 Å². The summed E-state index contributed by atoms with van der Waals surface area (Å²) >= 11 is 0. The Morgan fingerprint density at radius 2 is 1.84 bits per heavy atom. The summed E-state index contributed by atoms with van der Waals surface area (Å²) in [7, 11) is 0. The third-order valence-electron chi connectivity index (χ3n) is 4.52. The fraction of sp³-hybridized carbons (Fsp3) is 0.130. The number of phenols is 1. The van der Waals surface area contributed by atoms with Gasteiger partial charge in [0.2, 0.25) is 5.91 Å². The first-order valence-corrected chi connectivity index (χ1v) is 9.17. The molecule has 1 heterocycles. The number of amides is 1. The lowest BCUT2D eigenvalue weighted by Gasteiger charge is -2.13. The van der Waals surface area contributed by atoms with Crippen LogP contribution in [0.3, 0.4) is 0 Å². The highest BCUT2D eigenvalue weighted by Crippen LogP contribution is 2.35. The molecule has 0 radical (unpaired) electrons. The van der Waals surface area contributed by atoms with Crippen LogP contribution in [0.25, 0.3) is 22.4 Å². The quantitative estimate of drug-likeness (QED) is 0.394. The Morgan fingerprint density at radius 3 is 2.50 bits per heavy atom. The summed E-state index contributed by atoms with van der Waals surface area (Å²) in [4.78, 5) is 27.1. The number of aromatic hydroxyl groups is 1. The van der Waals surface area contributed by atoms with Gasteiger partial charge in [-0.05, 0) is 35.9 Å². The van der Waals surface area contributed by atoms with Crippen molar-refractivity contribution in [3.05, 3.63) is 60.2 Å². The number of aromatic nitrogens is 1. The smallest absolute Gasteiger partial charge is 0.321 e. The fourth-order valence-corrected chi connectivity index (χ4v) is 3.00. The van der Waals surface area contributed by atoms with Crippen LogP contribution in [0.5, 0.6) is 5.75 Å². The number of nitriles is 1. The number of hydrogen-bond acceptors (Lipinski definition) is 7. The predicted molar refractivity (Wildman–Crippen MR) is 121 cm³/mol. The molecular weight excluding hydrogens is 410 g/mol. The van der Waals surface area contributed by atoms with Gasteiger partial charge in [0.1, 0.15) is 29.2 Å². The molecule has 0 bridgehead atoms. The average Bonchev–Trinajstić information content (AvgIpc) is 2.73. The molecule has 0 fully saturated rings. The number of anilines is 2. The Bertz CT molecular complexity index is 1200. The highest BCUT2D eigenvalue weighted by molar-refractivity contribution is 5.95. The number of nitrogens with two attached hydrogens (primary N) is 2. The molecule has 1 atom stereocenters. The lowest BCUT2D eigenvalue weighted by Crippen LogP contribution is -2.34. The van der Waals surface area contributed by atoms with Crippen LogP contribution in [0.2, 0.25) is 0 Å². The highest BCUT2D eigenvalue weighted by atomic mass is 16.4. The minimum Gasteiger partial charge on any atom is -0.507 e. The van der Waals surface area contributed by atoms with Gasteiger partial charge in [0.25, 0.3) is 0 Å². The molecule has 0 aliphatic carbocycles. The van der Waals surface area contributed by atoms with Crippen LogP contribution in [0.1, 0.15) is 19.4 Å². The van der Waals surface area contributed by atoms with E-state index in [1.807, 2.05) is 6.07 Å². The second kappa shape index (κ2) is 10.1. The number of carboxylic acids is 1. The first kappa shape index (κ1) is 23.9. The molecule has 1 aromatic heterocycles. The van der Waals surface area contributed by atoms with Gasteiger partial charge in [0.05, 0.1) is 12.1 Å². The number of nitrogens with zero attached hydrogens (tertiary/aromatic N) is 2. The molecule has 9 nitrogen and oxygen atoms in total. The molecule has 0 aliphatic rings. The number of aliphatic carboxylic acids is 1. The Hall–Kier alpha value is -4.42. The van der Waals surface area contributed by atoms with Crippen molar-refractivity contribution in [1.82, 2.24) is 4.98 Å². The number of benzene rings is 2. The zero-order valence-electron chi connectivity index (χ0n) is 16.2. The number of nitrogen functional groups attached to an aromatic ring is 1. The molecule has 3 rings (SSSR count). The summed E-state index contributed by atoms with van der Waals surface area (Å²) in [5, 5.41) is 31.2. The van der Waals surface area contributed by atoms with Gasteiger partial charge in [-0.2, -0.15) is 5.26 Å². The number of para-hydroxylation sites is 1. The molecule has 0 saturated heterocycles. The van der Waals surface area contributed by atoms with Crippen LogP contribution in [0.4, 0.5) is 11.5 Å². The largest absolute Gasteiger partial charge is 0.507 e. The zero-order valence-corrected chi connectivity index (χ0v) is 16.2. The molecule has 0 saturated carbocycles. The molecule has 0 unspecified atom stereocenters. The van der Waals surface area contributed by atoms with Crippen molar-refractivity contribution in [3.8, 4) is 34.2 Å². The monoisotopic (exact) mass is 433 g/mol. The minimum atomic E-state index is -1.31. The van der Waals surface area contributed by atoms with Crippen molar-refractivity contribution in [3.63, 3.8) is 0 Å². The van der Waals surface area contributed by atoms with E-state index in [2.05, 4.69) is 10.3 Å². The summed E-state index contributed by atoms with van der Waals surface area (Å²) < 4.78 is 0. The van der Waals surface area contributed by atoms with E-state index in [-0.39, 0.29) is 31.0 Å². The summed E-state index contributed by atoms with van der Waals surface area (Å²) in [6, 6.07) is 15.6. The standard InChI is InChI=1S/C22H19N5O4.CH4/c23-11-16-15(9-18(27-21(16)25)14-6-1-2-7-19(14)28)12-4-3-5-13(8-12)26-20(29)10-17(24)22(30)31;/h1-9,17,28H,10,24H2,(H2,25,27)(H,26,29)(H,30,31);1H4/t17-;/m0./s1. The fourth-order valence-electron chi connectivity index (χ4n) is 3.00. The van der Waals surface area contributed by atoms with E-state index >= 15 is 0 Å². The molecule has 164 valence electrons. The maximum Gasteiger partial charge on any atom is 0.321 e. The number of hydrogen-bond donors (Lipinski definition) is 5. The van der Waals surface area contributed by atoms with E-state index < -0.39 is 17.9 Å². The van der Waals surface area contributed by atoms with Crippen LogP contribution in [0.15, 0.2) is 54.6 Å². The van der Waals surface area contributed by atoms with E-state index in [1.54, 1.807) is 48.5 Å². The van der Waals surface area contributed by atoms with Crippen LogP contribution < -0.4 is 16.8 Å². The molecule has 1 amide bonds. The average molecular weight is 433 g/mol. The molecular formula is C23H23N5O4. The molecule has 3 aromatic rings. The molecule has 0 spiro atoms. The topological polar surface area (TPSA) is 175 Å². The van der Waals surface area contributed by atoms with Gasteiger partial charge in [0.15, 0.2) is 0 Å². The number of carbonyl (C=O) groups is 2. The van der Waals surface area contributed by atoms with Gasteiger partial charge in [-0.25, -0.2) is 4.98 Å². The number of pyridine rings is 1. The summed E-state index contributed by atoms with van der Waals surface area (Å²) in [5.41, 5.74) is 13.8. The maximum atomic E-state index is 12.1. The first-order chi connectivity index (χ1) is 14.8. The number of phenolic OH excluding ortho intramolecular Hbond substituents is 1. The second-order valence-electron chi connectivity index (χ2n) is 6.72. The van der Waals surface area contributed by atoms with Crippen LogP contribution in [-0.4, -0.2) is 33.1 Å². The number of carboxylic acid groups (broad SMARTS) is 1. The van der Waals surface area contributed by atoms with Crippen LogP contribution in [-0.2, 0) is 9.59 Å². The summed E-state index contributed by atoms with van der Waals surface area (Å²) in [5.74, 6) is -1.82. The minimum absolute atomic E-state index is 0. The van der Waals surface area contributed by atoms with Gasteiger partial charge in [0, 0.05) is 16.8 Å². The van der Waals surface area contributed by atoms with Gasteiger partial charge < -0.3 is 27.0 Å². The van der Waals surface area contributed by atoms with Gasteiger partial charge in [-0.1, -0.05) is 31.7 Å².